The molecular formula is C19H32N4O. The zero-order chi connectivity index (χ0) is 17.2. The van der Waals surface area contributed by atoms with Crippen molar-refractivity contribution in [3.05, 3.63) is 23.9 Å². The molecule has 2 heterocycles. The Morgan fingerprint density at radius 1 is 1.29 bits per heavy atom. The van der Waals surface area contributed by atoms with E-state index in [4.69, 9.17) is 0 Å². The molecule has 1 amide bonds. The molecule has 24 heavy (non-hydrogen) atoms. The summed E-state index contributed by atoms with van der Waals surface area (Å²) in [6, 6.07) is 4.11. The van der Waals surface area contributed by atoms with E-state index in [-0.39, 0.29) is 5.91 Å². The fraction of sp³-hybridized carbons (Fsp3) is 0.684. The van der Waals surface area contributed by atoms with Gasteiger partial charge in [-0.3, -0.25) is 4.79 Å². The van der Waals surface area contributed by atoms with E-state index in [1.165, 1.54) is 31.5 Å². The molecule has 5 nitrogen and oxygen atoms in total. The molecule has 1 saturated heterocycles. The second-order valence-electron chi connectivity index (χ2n) is 6.45. The second kappa shape index (κ2) is 10.3. The van der Waals surface area contributed by atoms with Crippen molar-refractivity contribution >= 4 is 11.7 Å². The fourth-order valence-electron chi connectivity index (χ4n) is 3.22. The number of rotatable bonds is 10. The predicted octanol–water partition coefficient (Wildman–Crippen LogP) is 2.46. The van der Waals surface area contributed by atoms with E-state index >= 15 is 0 Å². The van der Waals surface area contributed by atoms with Crippen molar-refractivity contribution in [2.24, 2.45) is 0 Å². The Hall–Kier alpha value is -1.62. The number of nitrogens with one attached hydrogen (secondary N) is 1. The lowest BCUT2D eigenvalue weighted by atomic mass is 10.1. The third-order valence-electron chi connectivity index (χ3n) is 4.71. The summed E-state index contributed by atoms with van der Waals surface area (Å²) in [4.78, 5) is 21.1. The lowest BCUT2D eigenvalue weighted by Crippen LogP contribution is -2.28. The van der Waals surface area contributed by atoms with Crippen molar-refractivity contribution in [1.82, 2.24) is 15.2 Å². The topological polar surface area (TPSA) is 48.5 Å². The SMILES string of the molecule is CCN(CC)c1cc(CCC(=O)NCCCN2CCCC2)ccn1. The Morgan fingerprint density at radius 3 is 2.75 bits per heavy atom. The third-order valence-corrected chi connectivity index (χ3v) is 4.71. The average molecular weight is 332 g/mol. The molecule has 134 valence electrons. The van der Waals surface area contributed by atoms with E-state index in [0.29, 0.717) is 6.42 Å². The number of carbonyl (C=O) groups excluding carboxylic acids is 1. The molecule has 1 aliphatic heterocycles. The highest BCUT2D eigenvalue weighted by Crippen LogP contribution is 2.13. The molecule has 1 aromatic heterocycles. The first-order chi connectivity index (χ1) is 11.7. The second-order valence-corrected chi connectivity index (χ2v) is 6.45. The molecule has 1 aromatic rings. The third kappa shape index (κ3) is 6.11. The first kappa shape index (κ1) is 18.7. The molecule has 0 aromatic carbocycles. The average Bonchev–Trinajstić information content (AvgIpc) is 3.12. The van der Waals surface area contributed by atoms with Crippen molar-refractivity contribution in [3.8, 4) is 0 Å². The molecule has 0 spiro atoms. The summed E-state index contributed by atoms with van der Waals surface area (Å²) in [6.07, 6.45) is 6.87. The van der Waals surface area contributed by atoms with Gasteiger partial charge in [0.05, 0.1) is 0 Å². The van der Waals surface area contributed by atoms with Crippen LogP contribution in [-0.4, -0.2) is 55.1 Å². The summed E-state index contributed by atoms with van der Waals surface area (Å²) in [5.74, 6) is 1.15. The number of amides is 1. The Labute approximate surface area is 146 Å². The van der Waals surface area contributed by atoms with Gasteiger partial charge in [-0.05, 0) is 76.9 Å². The summed E-state index contributed by atoms with van der Waals surface area (Å²) >= 11 is 0. The predicted molar refractivity (Wildman–Crippen MR) is 99.4 cm³/mol. The summed E-state index contributed by atoms with van der Waals surface area (Å²) in [6.45, 7) is 10.5. The minimum atomic E-state index is 0.151. The zero-order valence-electron chi connectivity index (χ0n) is 15.3. The standard InChI is InChI=1S/C19H32N4O/c1-3-23(4-2)18-16-17(10-12-20-18)8-9-19(24)21-11-7-15-22-13-5-6-14-22/h10,12,16H,3-9,11,13-15H2,1-2H3,(H,21,24). The van der Waals surface area contributed by atoms with E-state index in [0.717, 1.165) is 44.8 Å². The van der Waals surface area contributed by atoms with Crippen LogP contribution in [0.4, 0.5) is 5.82 Å². The van der Waals surface area contributed by atoms with Gasteiger partial charge in [0.15, 0.2) is 0 Å². The van der Waals surface area contributed by atoms with Gasteiger partial charge < -0.3 is 15.1 Å². The minimum Gasteiger partial charge on any atom is -0.357 e. The van der Waals surface area contributed by atoms with Gasteiger partial charge in [0.1, 0.15) is 5.82 Å². The van der Waals surface area contributed by atoms with Crippen molar-refractivity contribution in [2.75, 3.05) is 44.2 Å². The fourth-order valence-corrected chi connectivity index (χ4v) is 3.22. The molecule has 0 unspecified atom stereocenters. The molecular weight excluding hydrogens is 300 g/mol. The number of carbonyl (C=O) groups is 1. The van der Waals surface area contributed by atoms with Gasteiger partial charge in [0.2, 0.25) is 5.91 Å². The molecule has 0 bridgehead atoms. The molecule has 0 atom stereocenters. The van der Waals surface area contributed by atoms with Crippen LogP contribution < -0.4 is 10.2 Å². The minimum absolute atomic E-state index is 0.151. The normalized spacial score (nSPS) is 14.8. The van der Waals surface area contributed by atoms with Gasteiger partial charge in [-0.1, -0.05) is 0 Å². The van der Waals surface area contributed by atoms with E-state index < -0.39 is 0 Å². The molecule has 1 aliphatic rings. The van der Waals surface area contributed by atoms with Crippen molar-refractivity contribution in [1.29, 1.82) is 0 Å². The number of anilines is 1. The van der Waals surface area contributed by atoms with Crippen LogP contribution in [0.15, 0.2) is 18.3 Å². The number of hydrogen-bond acceptors (Lipinski definition) is 4. The van der Waals surface area contributed by atoms with E-state index in [9.17, 15) is 4.79 Å². The summed E-state index contributed by atoms with van der Waals surface area (Å²) < 4.78 is 0. The van der Waals surface area contributed by atoms with Gasteiger partial charge in [0, 0.05) is 32.3 Å². The number of aromatic nitrogens is 1. The molecule has 0 radical (unpaired) electrons. The molecule has 0 saturated carbocycles. The summed E-state index contributed by atoms with van der Waals surface area (Å²) in [5, 5.41) is 3.04. The first-order valence-corrected chi connectivity index (χ1v) is 9.41. The lowest BCUT2D eigenvalue weighted by molar-refractivity contribution is -0.121. The zero-order valence-corrected chi connectivity index (χ0v) is 15.3. The molecule has 0 aliphatic carbocycles. The van der Waals surface area contributed by atoms with E-state index in [1.807, 2.05) is 12.3 Å². The van der Waals surface area contributed by atoms with Crippen molar-refractivity contribution in [2.45, 2.75) is 46.0 Å². The number of hydrogen-bond donors (Lipinski definition) is 1. The van der Waals surface area contributed by atoms with Crippen LogP contribution >= 0.6 is 0 Å². The highest BCUT2D eigenvalue weighted by atomic mass is 16.1. The molecule has 2 rings (SSSR count). The number of aryl methyl sites for hydroxylation is 1. The van der Waals surface area contributed by atoms with E-state index in [1.54, 1.807) is 0 Å². The van der Waals surface area contributed by atoms with Gasteiger partial charge in [-0.15, -0.1) is 0 Å². The smallest absolute Gasteiger partial charge is 0.220 e. The van der Waals surface area contributed by atoms with Gasteiger partial charge in [0.25, 0.3) is 0 Å². The van der Waals surface area contributed by atoms with Gasteiger partial charge in [-0.2, -0.15) is 0 Å². The maximum absolute atomic E-state index is 12.0. The Bertz CT molecular complexity index is 496. The maximum atomic E-state index is 12.0. The van der Waals surface area contributed by atoms with Gasteiger partial charge in [-0.25, -0.2) is 4.98 Å². The Morgan fingerprint density at radius 2 is 2.04 bits per heavy atom. The molecule has 1 fully saturated rings. The van der Waals surface area contributed by atoms with Crippen molar-refractivity contribution in [3.63, 3.8) is 0 Å². The van der Waals surface area contributed by atoms with Crippen LogP contribution in [0.25, 0.3) is 0 Å². The van der Waals surface area contributed by atoms with E-state index in [2.05, 4.69) is 40.0 Å². The van der Waals surface area contributed by atoms with Crippen LogP contribution in [0.3, 0.4) is 0 Å². The van der Waals surface area contributed by atoms with Crippen LogP contribution in [0.5, 0.6) is 0 Å². The quantitative estimate of drug-likeness (QED) is 0.669. The number of likely N-dealkylation sites (tertiary alicyclic amines) is 1. The largest absolute Gasteiger partial charge is 0.357 e. The maximum Gasteiger partial charge on any atom is 0.220 e. The number of pyridine rings is 1. The highest BCUT2D eigenvalue weighted by Gasteiger charge is 2.10. The lowest BCUT2D eigenvalue weighted by Gasteiger charge is -2.20. The Kier molecular flexibility index (Phi) is 8.02. The molecule has 1 N–H and O–H groups in total. The van der Waals surface area contributed by atoms with Crippen LogP contribution in [0.2, 0.25) is 0 Å². The summed E-state index contributed by atoms with van der Waals surface area (Å²) in [5.41, 5.74) is 1.18. The molecule has 5 heteroatoms. The van der Waals surface area contributed by atoms with Crippen LogP contribution in [0.1, 0.15) is 45.1 Å². The summed E-state index contributed by atoms with van der Waals surface area (Å²) in [7, 11) is 0. The highest BCUT2D eigenvalue weighted by molar-refractivity contribution is 5.76. The first-order valence-electron chi connectivity index (χ1n) is 9.41. The Balaban J connectivity index is 1.66. The van der Waals surface area contributed by atoms with Crippen LogP contribution in [0, 0.1) is 0 Å². The van der Waals surface area contributed by atoms with Crippen molar-refractivity contribution < 1.29 is 4.79 Å². The van der Waals surface area contributed by atoms with Crippen LogP contribution in [-0.2, 0) is 11.2 Å². The monoisotopic (exact) mass is 332 g/mol. The number of nitrogens with zero attached hydrogens (tertiary/aromatic N) is 3. The van der Waals surface area contributed by atoms with Gasteiger partial charge >= 0.3 is 0 Å².